The number of nitrogens with zero attached hydrogens (tertiary/aromatic N) is 2. The molecule has 8 heteroatoms. The minimum atomic E-state index is -1.17. The number of methoxy groups -OCH3 is 1. The zero-order valence-corrected chi connectivity index (χ0v) is 14.3. The lowest BCUT2D eigenvalue weighted by Crippen LogP contribution is -2.63. The van der Waals surface area contributed by atoms with Crippen molar-refractivity contribution in [3.8, 4) is 5.75 Å². The monoisotopic (exact) mass is 354 g/mol. The average Bonchev–Trinajstić information content (AvgIpc) is 2.56. The Kier molecular flexibility index (Phi) is 4.61. The third-order valence-corrected chi connectivity index (χ3v) is 5.37. The number of fused-ring (bicyclic) bond motifs is 3. The molecule has 1 aromatic carbocycles. The number of halogens is 1. The Morgan fingerprint density at radius 3 is 2.75 bits per heavy atom. The van der Waals surface area contributed by atoms with Crippen molar-refractivity contribution in [1.29, 1.82) is 0 Å². The van der Waals surface area contributed by atoms with Gasteiger partial charge in [-0.2, -0.15) is 0 Å². The number of anilines is 1. The molecule has 1 aromatic rings. The smallest absolute Gasteiger partial charge is 0.247 e. The van der Waals surface area contributed by atoms with Crippen LogP contribution < -0.4 is 10.5 Å². The molecule has 2 bridgehead atoms. The Hall–Kier alpha value is -1.54. The lowest BCUT2D eigenvalue weighted by molar-refractivity contribution is -0.118. The highest BCUT2D eigenvalue weighted by molar-refractivity contribution is 6.33. The predicted octanol–water partition coefficient (Wildman–Crippen LogP) is 1.33. The minimum Gasteiger partial charge on any atom is -0.756 e. The summed E-state index contributed by atoms with van der Waals surface area (Å²) in [4.78, 5) is 14.6. The van der Waals surface area contributed by atoms with E-state index in [1.54, 1.807) is 0 Å². The zero-order chi connectivity index (χ0) is 17.5. The summed E-state index contributed by atoms with van der Waals surface area (Å²) in [5.74, 6) is -0.564. The standard InChI is InChI=1S/C16H21ClN3O4/c1-24-14-7-13(18)12(17)6-11(14)15(21)20(23)9-16(22)8-19-4-2-10(16)3-5-19/h6-7,10,22H,2-5,8-9,18H2,1H3/q-1. The minimum absolute atomic E-state index is 0.0385. The predicted molar refractivity (Wildman–Crippen MR) is 90.9 cm³/mol. The van der Waals surface area contributed by atoms with Gasteiger partial charge in [0.2, 0.25) is 5.91 Å². The number of hydrogen-bond acceptors (Lipinski definition) is 6. The van der Waals surface area contributed by atoms with E-state index in [-0.39, 0.29) is 34.5 Å². The molecular weight excluding hydrogens is 334 g/mol. The molecule has 7 nitrogen and oxygen atoms in total. The van der Waals surface area contributed by atoms with Gasteiger partial charge in [-0.3, -0.25) is 4.79 Å². The number of carbonyl (C=O) groups excluding carboxylic acids is 1. The first-order valence-electron chi connectivity index (χ1n) is 7.91. The van der Waals surface area contributed by atoms with Gasteiger partial charge in [0, 0.05) is 19.2 Å². The van der Waals surface area contributed by atoms with Crippen LogP contribution in [0.3, 0.4) is 0 Å². The largest absolute Gasteiger partial charge is 0.756 e. The lowest BCUT2D eigenvalue weighted by Gasteiger charge is -2.52. The molecule has 3 heterocycles. The summed E-state index contributed by atoms with van der Waals surface area (Å²) in [5, 5.41) is 23.7. The number of nitrogen functional groups attached to an aromatic ring is 1. The van der Waals surface area contributed by atoms with Crippen LogP contribution in [-0.4, -0.2) is 59.9 Å². The summed E-state index contributed by atoms with van der Waals surface area (Å²) in [6, 6.07) is 2.73. The van der Waals surface area contributed by atoms with Gasteiger partial charge in [-0.05, 0) is 37.9 Å². The number of aliphatic hydroxyl groups is 1. The van der Waals surface area contributed by atoms with E-state index in [1.165, 1.54) is 19.2 Å². The molecule has 1 unspecified atom stereocenters. The van der Waals surface area contributed by atoms with Crippen LogP contribution >= 0.6 is 11.6 Å². The van der Waals surface area contributed by atoms with E-state index in [1.807, 2.05) is 0 Å². The second-order valence-corrected chi connectivity index (χ2v) is 6.98. The third-order valence-electron chi connectivity index (χ3n) is 5.04. The molecule has 0 saturated carbocycles. The fourth-order valence-corrected chi connectivity index (χ4v) is 3.85. The number of hydrogen-bond donors (Lipinski definition) is 2. The molecule has 0 spiro atoms. The van der Waals surface area contributed by atoms with Crippen molar-refractivity contribution < 1.29 is 14.6 Å². The Morgan fingerprint density at radius 1 is 1.54 bits per heavy atom. The Labute approximate surface area is 145 Å². The number of rotatable bonds is 4. The summed E-state index contributed by atoms with van der Waals surface area (Å²) in [7, 11) is 1.38. The van der Waals surface area contributed by atoms with Crippen molar-refractivity contribution in [2.24, 2.45) is 5.92 Å². The summed E-state index contributed by atoms with van der Waals surface area (Å²) in [6.45, 7) is 2.02. The van der Waals surface area contributed by atoms with Gasteiger partial charge in [0.05, 0.1) is 29.0 Å². The molecule has 3 aliphatic rings. The van der Waals surface area contributed by atoms with Crippen LogP contribution in [0.2, 0.25) is 5.02 Å². The number of ether oxygens (including phenoxy) is 1. The molecule has 3 saturated heterocycles. The van der Waals surface area contributed by atoms with Crippen LogP contribution in [0.15, 0.2) is 12.1 Å². The van der Waals surface area contributed by atoms with Crippen molar-refractivity contribution in [2.45, 2.75) is 18.4 Å². The van der Waals surface area contributed by atoms with Crippen LogP contribution in [0.4, 0.5) is 5.69 Å². The van der Waals surface area contributed by atoms with Crippen molar-refractivity contribution in [1.82, 2.24) is 9.96 Å². The van der Waals surface area contributed by atoms with Gasteiger partial charge in [0.15, 0.2) is 0 Å². The fraction of sp³-hybridized carbons (Fsp3) is 0.562. The maximum Gasteiger partial charge on any atom is 0.247 e. The molecule has 24 heavy (non-hydrogen) atoms. The summed E-state index contributed by atoms with van der Waals surface area (Å²) < 4.78 is 5.12. The molecule has 0 aromatic heterocycles. The second-order valence-electron chi connectivity index (χ2n) is 6.57. The number of nitrogens with two attached hydrogens (primary N) is 1. The number of hydroxylamine groups is 2. The highest BCUT2D eigenvalue weighted by Gasteiger charge is 2.45. The Bertz CT molecular complexity index is 648. The van der Waals surface area contributed by atoms with Gasteiger partial charge < -0.3 is 30.7 Å². The SMILES string of the molecule is COc1cc(N)c(Cl)cc1C(=O)N([O-])CC1(O)CN2CCC1CC2. The van der Waals surface area contributed by atoms with Gasteiger partial charge in [-0.15, -0.1) is 0 Å². The topological polar surface area (TPSA) is 102 Å². The Balaban J connectivity index is 1.79. The maximum absolute atomic E-state index is 12.5. The first kappa shape index (κ1) is 17.3. The Morgan fingerprint density at radius 2 is 2.21 bits per heavy atom. The van der Waals surface area contributed by atoms with E-state index >= 15 is 0 Å². The van der Waals surface area contributed by atoms with Crippen molar-refractivity contribution in [3.63, 3.8) is 0 Å². The highest BCUT2D eigenvalue weighted by Crippen LogP contribution is 2.37. The van der Waals surface area contributed by atoms with Crippen molar-refractivity contribution in [2.75, 3.05) is 39.0 Å². The first-order valence-corrected chi connectivity index (χ1v) is 8.28. The second kappa shape index (κ2) is 6.40. The zero-order valence-electron chi connectivity index (χ0n) is 13.5. The van der Waals surface area contributed by atoms with Gasteiger partial charge in [0.25, 0.3) is 0 Å². The average molecular weight is 355 g/mol. The van der Waals surface area contributed by atoms with E-state index < -0.39 is 11.5 Å². The van der Waals surface area contributed by atoms with Crippen LogP contribution in [0.1, 0.15) is 23.2 Å². The third kappa shape index (κ3) is 3.04. The first-order chi connectivity index (χ1) is 11.3. The number of amides is 1. The molecule has 0 aliphatic carbocycles. The maximum atomic E-state index is 12.5. The van der Waals surface area contributed by atoms with E-state index in [2.05, 4.69) is 4.90 Å². The van der Waals surface area contributed by atoms with E-state index in [0.717, 1.165) is 25.9 Å². The van der Waals surface area contributed by atoms with Gasteiger partial charge in [-0.25, -0.2) is 0 Å². The number of piperidine rings is 3. The molecule has 1 amide bonds. The van der Waals surface area contributed by atoms with E-state index in [0.29, 0.717) is 11.6 Å². The van der Waals surface area contributed by atoms with Gasteiger partial charge in [-0.1, -0.05) is 11.6 Å². The molecule has 1 atom stereocenters. The molecule has 4 rings (SSSR count). The quantitative estimate of drug-likeness (QED) is 0.624. The summed E-state index contributed by atoms with van der Waals surface area (Å²) in [6.07, 6.45) is 1.69. The van der Waals surface area contributed by atoms with Crippen LogP contribution in [-0.2, 0) is 0 Å². The molecule has 132 valence electrons. The normalized spacial score (nSPS) is 28.7. The molecular formula is C16H21ClN3O4-. The van der Waals surface area contributed by atoms with Crippen LogP contribution in [0, 0.1) is 11.1 Å². The number of carbonyl (C=O) groups is 1. The van der Waals surface area contributed by atoms with E-state index in [9.17, 15) is 15.1 Å². The fourth-order valence-electron chi connectivity index (χ4n) is 3.68. The van der Waals surface area contributed by atoms with Crippen LogP contribution in [0.5, 0.6) is 5.75 Å². The van der Waals surface area contributed by atoms with Gasteiger partial charge >= 0.3 is 0 Å². The van der Waals surface area contributed by atoms with Gasteiger partial charge in [0.1, 0.15) is 5.75 Å². The van der Waals surface area contributed by atoms with Crippen molar-refractivity contribution >= 4 is 23.2 Å². The summed E-state index contributed by atoms with van der Waals surface area (Å²) in [5.41, 5.74) is 4.83. The highest BCUT2D eigenvalue weighted by atomic mass is 35.5. The van der Waals surface area contributed by atoms with E-state index in [4.69, 9.17) is 22.1 Å². The molecule has 0 radical (unpaired) electrons. The molecule has 3 fully saturated rings. The lowest BCUT2D eigenvalue weighted by atomic mass is 9.75. The summed E-state index contributed by atoms with van der Waals surface area (Å²) >= 11 is 5.95. The van der Waals surface area contributed by atoms with Crippen molar-refractivity contribution in [3.05, 3.63) is 27.9 Å². The number of benzene rings is 1. The van der Waals surface area contributed by atoms with Crippen LogP contribution in [0.25, 0.3) is 0 Å². The molecule has 3 N–H and O–H groups in total. The molecule has 3 aliphatic heterocycles.